The molecule has 0 aliphatic carbocycles. The van der Waals surface area contributed by atoms with Crippen LogP contribution >= 0.6 is 0 Å². The summed E-state index contributed by atoms with van der Waals surface area (Å²) in [5.41, 5.74) is 1.20. The number of hydrogen-bond donors (Lipinski definition) is 1. The van der Waals surface area contributed by atoms with Crippen molar-refractivity contribution >= 4 is 54.0 Å². The molecule has 23 heavy (non-hydrogen) atoms. The second-order valence-corrected chi connectivity index (χ2v) is 6.31. The Hall–Kier alpha value is -3.06. The first-order valence-electron chi connectivity index (χ1n) is 7.97. The largest absolute Gasteiger partial charge is 0.361 e. The van der Waals surface area contributed by atoms with Gasteiger partial charge in [0.05, 0.1) is 0 Å². The highest BCUT2D eigenvalue weighted by molar-refractivity contribution is 6.37. The molecule has 0 radical (unpaired) electrons. The molecule has 6 aromatic rings. The fourth-order valence-electron chi connectivity index (χ4n) is 4.24. The summed E-state index contributed by atoms with van der Waals surface area (Å²) in [7, 11) is 0. The number of benzene rings is 3. The number of aromatic amines is 1. The predicted octanol–water partition coefficient (Wildman–Crippen LogP) is 6.22. The molecule has 0 aliphatic heterocycles. The second kappa shape index (κ2) is 3.82. The minimum absolute atomic E-state index is 1.20. The van der Waals surface area contributed by atoms with E-state index in [1.54, 1.807) is 0 Å². The first-order valence-corrected chi connectivity index (χ1v) is 7.97. The molecule has 1 heteroatoms. The van der Waals surface area contributed by atoms with E-state index in [9.17, 15) is 0 Å². The van der Waals surface area contributed by atoms with Gasteiger partial charge in [0, 0.05) is 22.5 Å². The van der Waals surface area contributed by atoms with Crippen LogP contribution in [-0.2, 0) is 0 Å². The van der Waals surface area contributed by atoms with Crippen molar-refractivity contribution in [3.63, 3.8) is 0 Å². The summed E-state index contributed by atoms with van der Waals surface area (Å²) in [6, 6.07) is 24.3. The van der Waals surface area contributed by atoms with E-state index in [0.717, 1.165) is 0 Å². The molecule has 0 fully saturated rings. The van der Waals surface area contributed by atoms with E-state index in [2.05, 4.69) is 77.9 Å². The number of aromatic nitrogens is 1. The summed E-state index contributed by atoms with van der Waals surface area (Å²) >= 11 is 0. The van der Waals surface area contributed by atoms with Gasteiger partial charge in [0.15, 0.2) is 0 Å². The van der Waals surface area contributed by atoms with Crippen LogP contribution in [0, 0.1) is 0 Å². The van der Waals surface area contributed by atoms with Gasteiger partial charge in [-0.2, -0.15) is 0 Å². The highest BCUT2D eigenvalue weighted by atomic mass is 14.6. The Morgan fingerprint density at radius 3 is 2.04 bits per heavy atom. The molecule has 6 rings (SSSR count). The fraction of sp³-hybridized carbons (Fsp3) is 0. The van der Waals surface area contributed by atoms with Crippen LogP contribution in [0.2, 0.25) is 0 Å². The van der Waals surface area contributed by atoms with E-state index in [-0.39, 0.29) is 0 Å². The molecular weight excluding hydrogens is 278 g/mol. The SMILES string of the molecule is c1ccc2c(c1)c1cccc3cc4c[nH]c5cccc2c5c4c31. The average Bonchev–Trinajstić information content (AvgIpc) is 2.94. The van der Waals surface area contributed by atoms with Crippen molar-refractivity contribution in [3.8, 4) is 0 Å². The van der Waals surface area contributed by atoms with Crippen LogP contribution in [0.5, 0.6) is 0 Å². The van der Waals surface area contributed by atoms with Crippen molar-refractivity contribution in [3.05, 3.63) is 72.9 Å². The standard InChI is InChI=1S/C22H13N/c1-2-7-16-15(6-1)17-8-3-5-13-11-14-12-23-19-10-4-9-18(16)22(19)21(14)20(13)17/h1-12,23H. The molecule has 0 atom stereocenters. The lowest BCUT2D eigenvalue weighted by atomic mass is 10.0. The lowest BCUT2D eigenvalue weighted by Gasteiger charge is -2.04. The maximum Gasteiger partial charge on any atom is 0.0466 e. The molecule has 0 unspecified atom stereocenters. The molecule has 0 spiro atoms. The van der Waals surface area contributed by atoms with Gasteiger partial charge in [0.1, 0.15) is 0 Å². The van der Waals surface area contributed by atoms with Crippen LogP contribution in [-0.4, -0.2) is 4.98 Å². The number of pyridine rings is 1. The first kappa shape index (κ1) is 11.5. The van der Waals surface area contributed by atoms with Crippen LogP contribution in [0.15, 0.2) is 72.9 Å². The Kier molecular flexibility index (Phi) is 1.91. The van der Waals surface area contributed by atoms with Crippen molar-refractivity contribution in [1.29, 1.82) is 0 Å². The van der Waals surface area contributed by atoms with Gasteiger partial charge in [-0.05, 0) is 49.8 Å². The number of rotatable bonds is 0. The number of hydrogen-bond acceptors (Lipinski definition) is 0. The summed E-state index contributed by atoms with van der Waals surface area (Å²) in [6.45, 7) is 0. The third-order valence-electron chi connectivity index (χ3n) is 5.15. The molecule has 0 saturated carbocycles. The van der Waals surface area contributed by atoms with Gasteiger partial charge in [-0.25, -0.2) is 0 Å². The summed E-state index contributed by atoms with van der Waals surface area (Å²) in [4.78, 5) is 3.48. The van der Waals surface area contributed by atoms with Crippen molar-refractivity contribution in [2.75, 3.05) is 0 Å². The van der Waals surface area contributed by atoms with E-state index in [1.165, 1.54) is 54.0 Å². The van der Waals surface area contributed by atoms with E-state index in [0.29, 0.717) is 0 Å². The van der Waals surface area contributed by atoms with Crippen molar-refractivity contribution in [2.45, 2.75) is 0 Å². The molecule has 0 saturated heterocycles. The van der Waals surface area contributed by atoms with Gasteiger partial charge in [0.25, 0.3) is 0 Å². The highest BCUT2D eigenvalue weighted by Crippen LogP contribution is 2.42. The van der Waals surface area contributed by atoms with Crippen molar-refractivity contribution < 1.29 is 0 Å². The van der Waals surface area contributed by atoms with Gasteiger partial charge in [-0.15, -0.1) is 0 Å². The lowest BCUT2D eigenvalue weighted by molar-refractivity contribution is 1.46. The molecular formula is C22H13N. The maximum atomic E-state index is 3.48. The second-order valence-electron chi connectivity index (χ2n) is 6.31. The molecule has 1 nitrogen and oxygen atoms in total. The maximum absolute atomic E-state index is 3.48. The predicted molar refractivity (Wildman–Crippen MR) is 99.5 cm³/mol. The third-order valence-corrected chi connectivity index (χ3v) is 5.15. The van der Waals surface area contributed by atoms with E-state index < -0.39 is 0 Å². The molecule has 1 N–H and O–H groups in total. The molecule has 1 heterocycles. The minimum Gasteiger partial charge on any atom is -0.361 e. The van der Waals surface area contributed by atoms with Crippen LogP contribution in [0.1, 0.15) is 0 Å². The first-order chi connectivity index (χ1) is 11.4. The normalized spacial score (nSPS) is 12.3. The van der Waals surface area contributed by atoms with E-state index in [1.807, 2.05) is 0 Å². The Balaban J connectivity index is 2.22. The van der Waals surface area contributed by atoms with E-state index in [4.69, 9.17) is 0 Å². The summed E-state index contributed by atoms with van der Waals surface area (Å²) in [5, 5.41) is 12.1. The van der Waals surface area contributed by atoms with Gasteiger partial charge >= 0.3 is 0 Å². The highest BCUT2D eigenvalue weighted by Gasteiger charge is 2.15. The number of nitrogens with one attached hydrogen (secondary N) is 1. The Morgan fingerprint density at radius 1 is 0.522 bits per heavy atom. The topological polar surface area (TPSA) is 15.8 Å². The monoisotopic (exact) mass is 291 g/mol. The van der Waals surface area contributed by atoms with Gasteiger partial charge in [0.2, 0.25) is 0 Å². The quantitative estimate of drug-likeness (QED) is 0.342. The number of fused-ring (bicyclic) bond motifs is 3. The summed E-state index contributed by atoms with van der Waals surface area (Å²) in [5.74, 6) is 0. The fourth-order valence-corrected chi connectivity index (χ4v) is 4.24. The summed E-state index contributed by atoms with van der Waals surface area (Å²) in [6.07, 6.45) is 2.14. The van der Waals surface area contributed by atoms with Gasteiger partial charge in [-0.3, -0.25) is 0 Å². The van der Waals surface area contributed by atoms with Crippen LogP contribution < -0.4 is 0 Å². The summed E-state index contributed by atoms with van der Waals surface area (Å²) < 4.78 is 0. The van der Waals surface area contributed by atoms with Crippen LogP contribution in [0.3, 0.4) is 0 Å². The Labute approximate surface area is 132 Å². The zero-order chi connectivity index (χ0) is 15.0. The third kappa shape index (κ3) is 1.29. The number of H-pyrrole nitrogens is 1. The van der Waals surface area contributed by atoms with Crippen molar-refractivity contribution in [1.82, 2.24) is 4.98 Å². The Morgan fingerprint density at radius 2 is 1.22 bits per heavy atom. The Bertz CT molecular complexity index is 1330. The van der Waals surface area contributed by atoms with Gasteiger partial charge in [-0.1, -0.05) is 54.6 Å². The average molecular weight is 291 g/mol. The molecule has 0 amide bonds. The van der Waals surface area contributed by atoms with Crippen LogP contribution in [0.4, 0.5) is 0 Å². The van der Waals surface area contributed by atoms with Crippen molar-refractivity contribution in [2.24, 2.45) is 0 Å². The zero-order valence-corrected chi connectivity index (χ0v) is 12.4. The molecule has 5 aromatic carbocycles. The van der Waals surface area contributed by atoms with Crippen LogP contribution in [0.25, 0.3) is 54.0 Å². The molecule has 0 aliphatic rings. The molecule has 106 valence electrons. The molecule has 0 bridgehead atoms. The smallest absolute Gasteiger partial charge is 0.0466 e. The lowest BCUT2D eigenvalue weighted by Crippen LogP contribution is -1.80. The van der Waals surface area contributed by atoms with E-state index >= 15 is 0 Å². The zero-order valence-electron chi connectivity index (χ0n) is 12.4. The van der Waals surface area contributed by atoms with Gasteiger partial charge < -0.3 is 4.98 Å². The molecule has 1 aromatic heterocycles. The minimum atomic E-state index is 1.20.